The number of halogens is 1. The minimum Gasteiger partial charge on any atom is -0.507 e. The van der Waals surface area contributed by atoms with Crippen molar-refractivity contribution in [1.82, 2.24) is 9.88 Å². The van der Waals surface area contributed by atoms with E-state index in [2.05, 4.69) is 15.0 Å². The van der Waals surface area contributed by atoms with Crippen LogP contribution in [0.1, 0.15) is 11.1 Å². The number of aliphatic imine (C=N–C) groups is 2. The van der Waals surface area contributed by atoms with Crippen LogP contribution in [0, 0.1) is 5.82 Å². The standard InChI is InChI=1S/C17H13FN4O/c18-13-5-1-4-12-16(13)21-15(22-8-7-20-17(12)22)9-14(23)11-3-2-6-19-10-11/h1-6,9-10,23H,7-8H2/b14-9-. The molecule has 114 valence electrons. The summed E-state index contributed by atoms with van der Waals surface area (Å²) in [5.41, 5.74) is 1.52. The third-order valence-corrected chi connectivity index (χ3v) is 3.79. The summed E-state index contributed by atoms with van der Waals surface area (Å²) in [7, 11) is 0. The summed E-state index contributed by atoms with van der Waals surface area (Å²) in [6.45, 7) is 1.27. The van der Waals surface area contributed by atoms with E-state index < -0.39 is 5.82 Å². The Bertz CT molecular complexity index is 858. The van der Waals surface area contributed by atoms with Gasteiger partial charge in [-0.1, -0.05) is 6.07 Å². The number of amidine groups is 2. The normalized spacial score (nSPS) is 16.6. The highest BCUT2D eigenvalue weighted by Gasteiger charge is 2.30. The van der Waals surface area contributed by atoms with Crippen LogP contribution < -0.4 is 0 Å². The molecule has 0 amide bonds. The fourth-order valence-electron chi connectivity index (χ4n) is 2.72. The number of hydrogen-bond donors (Lipinski definition) is 1. The van der Waals surface area contributed by atoms with Gasteiger partial charge in [0, 0.05) is 36.1 Å². The first-order valence-electron chi connectivity index (χ1n) is 7.24. The quantitative estimate of drug-likeness (QED) is 0.868. The molecule has 0 spiro atoms. The van der Waals surface area contributed by atoms with Crippen molar-refractivity contribution in [2.75, 3.05) is 13.1 Å². The molecule has 0 aliphatic carbocycles. The number of pyridine rings is 1. The first kappa shape index (κ1) is 13.6. The SMILES string of the molecule is O/C(=C\C1=Nc2c(F)cccc2C2=NCCN12)c1cccnc1. The molecular weight excluding hydrogens is 295 g/mol. The lowest BCUT2D eigenvalue weighted by molar-refractivity contribution is 0.511. The van der Waals surface area contributed by atoms with E-state index in [0.717, 1.165) is 0 Å². The molecule has 0 saturated heterocycles. The lowest BCUT2D eigenvalue weighted by Gasteiger charge is -2.26. The van der Waals surface area contributed by atoms with Gasteiger partial charge >= 0.3 is 0 Å². The van der Waals surface area contributed by atoms with Gasteiger partial charge in [0.2, 0.25) is 0 Å². The van der Waals surface area contributed by atoms with Gasteiger partial charge in [-0.15, -0.1) is 0 Å². The molecule has 2 aliphatic heterocycles. The fraction of sp³-hybridized carbons (Fsp3) is 0.118. The average Bonchev–Trinajstić information content (AvgIpc) is 3.07. The zero-order valence-corrected chi connectivity index (χ0v) is 12.1. The van der Waals surface area contributed by atoms with E-state index in [9.17, 15) is 9.50 Å². The van der Waals surface area contributed by atoms with Crippen molar-refractivity contribution >= 4 is 23.1 Å². The Balaban J connectivity index is 1.83. The molecule has 0 saturated carbocycles. The van der Waals surface area contributed by atoms with Gasteiger partial charge in [0.05, 0.1) is 6.54 Å². The predicted octanol–water partition coefficient (Wildman–Crippen LogP) is 2.93. The zero-order valence-electron chi connectivity index (χ0n) is 12.1. The van der Waals surface area contributed by atoms with Gasteiger partial charge in [0.1, 0.15) is 28.9 Å². The van der Waals surface area contributed by atoms with Crippen LogP contribution in [0.4, 0.5) is 10.1 Å². The molecule has 6 heteroatoms. The van der Waals surface area contributed by atoms with Gasteiger partial charge in [-0.25, -0.2) is 9.38 Å². The van der Waals surface area contributed by atoms with Crippen LogP contribution in [0.5, 0.6) is 0 Å². The number of hydrogen-bond acceptors (Lipinski definition) is 5. The smallest absolute Gasteiger partial charge is 0.149 e. The summed E-state index contributed by atoms with van der Waals surface area (Å²) in [5, 5.41) is 10.3. The second-order valence-electron chi connectivity index (χ2n) is 5.23. The number of aliphatic hydroxyl groups excluding tert-OH is 1. The van der Waals surface area contributed by atoms with E-state index in [-0.39, 0.29) is 11.4 Å². The Morgan fingerprint density at radius 3 is 3.00 bits per heavy atom. The summed E-state index contributed by atoms with van der Waals surface area (Å²) in [4.78, 5) is 14.7. The van der Waals surface area contributed by atoms with Crippen LogP contribution >= 0.6 is 0 Å². The van der Waals surface area contributed by atoms with Crippen molar-refractivity contribution in [2.24, 2.45) is 9.98 Å². The molecule has 3 heterocycles. The number of fused-ring (bicyclic) bond motifs is 3. The molecule has 0 fully saturated rings. The molecule has 4 rings (SSSR count). The Morgan fingerprint density at radius 2 is 2.17 bits per heavy atom. The van der Waals surface area contributed by atoms with Crippen LogP contribution in [0.2, 0.25) is 0 Å². The maximum Gasteiger partial charge on any atom is 0.149 e. The predicted molar refractivity (Wildman–Crippen MR) is 86.4 cm³/mol. The summed E-state index contributed by atoms with van der Waals surface area (Å²) < 4.78 is 14.1. The molecule has 0 radical (unpaired) electrons. The number of para-hydroxylation sites is 1. The Labute approximate surface area is 132 Å². The molecule has 1 N–H and O–H groups in total. The van der Waals surface area contributed by atoms with Crippen LogP contribution in [0.3, 0.4) is 0 Å². The molecular formula is C17H13FN4O. The van der Waals surface area contributed by atoms with E-state index in [0.29, 0.717) is 35.9 Å². The second-order valence-corrected chi connectivity index (χ2v) is 5.23. The van der Waals surface area contributed by atoms with Gasteiger partial charge in [0.15, 0.2) is 0 Å². The summed E-state index contributed by atoms with van der Waals surface area (Å²) in [5.74, 6) is 0.798. The third kappa shape index (κ3) is 2.28. The van der Waals surface area contributed by atoms with E-state index >= 15 is 0 Å². The minimum atomic E-state index is -0.400. The van der Waals surface area contributed by atoms with E-state index in [1.54, 1.807) is 36.7 Å². The maximum atomic E-state index is 14.1. The van der Waals surface area contributed by atoms with Gasteiger partial charge in [-0.05, 0) is 24.3 Å². The topological polar surface area (TPSA) is 61.1 Å². The van der Waals surface area contributed by atoms with Crippen LogP contribution in [-0.4, -0.2) is 39.8 Å². The molecule has 0 unspecified atom stereocenters. The number of rotatable bonds is 2. The van der Waals surface area contributed by atoms with Crippen molar-refractivity contribution in [3.8, 4) is 0 Å². The number of aromatic nitrogens is 1. The van der Waals surface area contributed by atoms with E-state index in [4.69, 9.17) is 0 Å². The van der Waals surface area contributed by atoms with Gasteiger partial charge in [-0.3, -0.25) is 9.98 Å². The van der Waals surface area contributed by atoms with Crippen molar-refractivity contribution in [3.05, 3.63) is 65.7 Å². The number of aliphatic hydroxyl groups is 1. The fourth-order valence-corrected chi connectivity index (χ4v) is 2.72. The van der Waals surface area contributed by atoms with Crippen LogP contribution in [0.15, 0.2) is 58.8 Å². The van der Waals surface area contributed by atoms with Gasteiger partial charge in [0.25, 0.3) is 0 Å². The van der Waals surface area contributed by atoms with E-state index in [1.807, 2.05) is 4.90 Å². The van der Waals surface area contributed by atoms with Gasteiger partial charge in [-0.2, -0.15) is 0 Å². The Morgan fingerprint density at radius 1 is 1.26 bits per heavy atom. The van der Waals surface area contributed by atoms with E-state index in [1.165, 1.54) is 12.1 Å². The van der Waals surface area contributed by atoms with Crippen molar-refractivity contribution < 1.29 is 9.50 Å². The summed E-state index contributed by atoms with van der Waals surface area (Å²) in [6.07, 6.45) is 4.71. The monoisotopic (exact) mass is 308 g/mol. The van der Waals surface area contributed by atoms with Gasteiger partial charge < -0.3 is 10.0 Å². The summed E-state index contributed by atoms with van der Waals surface area (Å²) >= 11 is 0. The average molecular weight is 308 g/mol. The first-order chi connectivity index (χ1) is 11.2. The Hall–Kier alpha value is -3.02. The first-order valence-corrected chi connectivity index (χ1v) is 7.24. The van der Waals surface area contributed by atoms with Crippen LogP contribution in [0.25, 0.3) is 5.76 Å². The minimum absolute atomic E-state index is 0.0305. The zero-order chi connectivity index (χ0) is 15.8. The third-order valence-electron chi connectivity index (χ3n) is 3.79. The maximum absolute atomic E-state index is 14.1. The number of nitrogens with zero attached hydrogens (tertiary/aromatic N) is 4. The lowest BCUT2D eigenvalue weighted by Crippen LogP contribution is -2.36. The van der Waals surface area contributed by atoms with Crippen molar-refractivity contribution in [2.45, 2.75) is 0 Å². The highest BCUT2D eigenvalue weighted by Crippen LogP contribution is 2.31. The Kier molecular flexibility index (Phi) is 3.15. The molecule has 0 atom stereocenters. The second kappa shape index (κ2) is 5.31. The highest BCUT2D eigenvalue weighted by atomic mass is 19.1. The molecule has 2 aliphatic rings. The van der Waals surface area contributed by atoms with Crippen LogP contribution in [-0.2, 0) is 0 Å². The molecule has 1 aromatic heterocycles. The van der Waals surface area contributed by atoms with Crippen molar-refractivity contribution in [3.63, 3.8) is 0 Å². The summed E-state index contributed by atoms with van der Waals surface area (Å²) in [6, 6.07) is 8.31. The molecule has 2 aromatic rings. The lowest BCUT2D eigenvalue weighted by atomic mass is 10.1. The number of benzene rings is 1. The van der Waals surface area contributed by atoms with Crippen molar-refractivity contribution in [1.29, 1.82) is 0 Å². The highest BCUT2D eigenvalue weighted by molar-refractivity contribution is 6.19. The molecule has 0 bridgehead atoms. The molecule has 1 aromatic carbocycles. The largest absolute Gasteiger partial charge is 0.507 e. The molecule has 5 nitrogen and oxygen atoms in total. The molecule has 23 heavy (non-hydrogen) atoms.